The third kappa shape index (κ3) is 3.94. The first-order valence-electron chi connectivity index (χ1n) is 8.62. The zero-order valence-corrected chi connectivity index (χ0v) is 15.0. The molecule has 0 atom stereocenters. The van der Waals surface area contributed by atoms with Crippen molar-refractivity contribution in [1.29, 1.82) is 0 Å². The summed E-state index contributed by atoms with van der Waals surface area (Å²) >= 11 is 0. The van der Waals surface area contributed by atoms with Gasteiger partial charge in [0, 0.05) is 31.7 Å². The van der Waals surface area contributed by atoms with E-state index in [9.17, 15) is 26.7 Å². The normalized spacial score (nSPS) is 15.0. The highest BCUT2D eigenvalue weighted by Gasteiger charge is 2.27. The molecule has 0 aliphatic carbocycles. The van der Waals surface area contributed by atoms with Gasteiger partial charge in [0.2, 0.25) is 11.7 Å². The Morgan fingerprint density at radius 1 is 0.893 bits per heavy atom. The first-order valence-corrected chi connectivity index (χ1v) is 8.62. The van der Waals surface area contributed by atoms with Crippen LogP contribution in [0.3, 0.4) is 0 Å². The molecule has 150 valence electrons. The van der Waals surface area contributed by atoms with Crippen LogP contribution in [0.15, 0.2) is 24.3 Å². The predicted octanol–water partition coefficient (Wildman–Crippen LogP) is 3.32. The quantitative estimate of drug-likeness (QED) is 0.487. The first kappa shape index (κ1) is 20.1. The minimum absolute atomic E-state index is 0.404. The number of para-hydroxylation sites is 2. The van der Waals surface area contributed by atoms with Crippen molar-refractivity contribution in [1.82, 2.24) is 4.90 Å². The Bertz CT molecular complexity index is 868. The number of hydrogen-bond acceptors (Lipinski definition) is 3. The monoisotopic (exact) mass is 399 g/mol. The van der Waals surface area contributed by atoms with E-state index >= 15 is 0 Å². The Morgan fingerprint density at radius 3 is 2.04 bits per heavy atom. The highest BCUT2D eigenvalue weighted by atomic mass is 19.2. The molecule has 1 fully saturated rings. The van der Waals surface area contributed by atoms with Crippen LogP contribution in [-0.4, -0.2) is 44.0 Å². The summed E-state index contributed by atoms with van der Waals surface area (Å²) in [7, 11) is 2.00. The Hall–Kier alpha value is -2.68. The van der Waals surface area contributed by atoms with Gasteiger partial charge in [-0.25, -0.2) is 22.0 Å². The van der Waals surface area contributed by atoms with Crippen molar-refractivity contribution in [3.63, 3.8) is 0 Å². The zero-order chi connectivity index (χ0) is 20.4. The zero-order valence-electron chi connectivity index (χ0n) is 15.0. The molecule has 1 saturated heterocycles. The molecule has 0 aromatic heterocycles. The molecule has 1 heterocycles. The second-order valence-electron chi connectivity index (χ2n) is 6.58. The van der Waals surface area contributed by atoms with Crippen LogP contribution in [0.4, 0.5) is 33.3 Å². The van der Waals surface area contributed by atoms with E-state index in [2.05, 4.69) is 10.2 Å². The maximum atomic E-state index is 13.8. The summed E-state index contributed by atoms with van der Waals surface area (Å²) in [6.45, 7) is 3.10. The number of anilines is 2. The molecular formula is C19H18F5N3O. The average molecular weight is 399 g/mol. The van der Waals surface area contributed by atoms with Gasteiger partial charge in [-0.1, -0.05) is 12.1 Å². The standard InChI is InChI=1S/C19H18F5N3O/c1-26-6-8-27(9-7-26)13-5-3-2-4-12(13)25-14(28)10-11-15(20)17(22)19(24)18(23)16(11)21/h2-5H,6-10H2,1H3,(H,25,28). The molecule has 0 saturated carbocycles. The average Bonchev–Trinajstić information content (AvgIpc) is 2.69. The van der Waals surface area contributed by atoms with Gasteiger partial charge in [0.05, 0.1) is 17.8 Å². The molecule has 1 N–H and O–H groups in total. The topological polar surface area (TPSA) is 35.6 Å². The van der Waals surface area contributed by atoms with E-state index in [1.54, 1.807) is 24.3 Å². The lowest BCUT2D eigenvalue weighted by Gasteiger charge is -2.35. The van der Waals surface area contributed by atoms with Crippen LogP contribution in [-0.2, 0) is 11.2 Å². The predicted molar refractivity (Wildman–Crippen MR) is 94.7 cm³/mol. The summed E-state index contributed by atoms with van der Waals surface area (Å²) < 4.78 is 67.4. The number of hydrogen-bond donors (Lipinski definition) is 1. The summed E-state index contributed by atoms with van der Waals surface area (Å²) in [5, 5.41) is 2.51. The van der Waals surface area contributed by atoms with Gasteiger partial charge in [-0.2, -0.15) is 0 Å². The number of rotatable bonds is 4. The van der Waals surface area contributed by atoms with Gasteiger partial charge < -0.3 is 15.1 Å². The van der Waals surface area contributed by atoms with E-state index in [1.165, 1.54) is 0 Å². The summed E-state index contributed by atoms with van der Waals surface area (Å²) in [4.78, 5) is 16.5. The maximum absolute atomic E-state index is 13.8. The van der Waals surface area contributed by atoms with Crippen LogP contribution in [0.25, 0.3) is 0 Å². The van der Waals surface area contributed by atoms with Crippen molar-refractivity contribution in [2.24, 2.45) is 0 Å². The molecule has 28 heavy (non-hydrogen) atoms. The van der Waals surface area contributed by atoms with Gasteiger partial charge in [0.1, 0.15) is 0 Å². The van der Waals surface area contributed by atoms with Crippen molar-refractivity contribution in [3.8, 4) is 0 Å². The third-order valence-corrected chi connectivity index (χ3v) is 4.66. The molecule has 2 aromatic rings. The highest BCUT2D eigenvalue weighted by Crippen LogP contribution is 2.28. The number of nitrogens with one attached hydrogen (secondary N) is 1. The van der Waals surface area contributed by atoms with Gasteiger partial charge in [-0.05, 0) is 19.2 Å². The number of benzene rings is 2. The Labute approximate surface area is 158 Å². The lowest BCUT2D eigenvalue weighted by molar-refractivity contribution is -0.115. The van der Waals surface area contributed by atoms with E-state index in [0.29, 0.717) is 5.69 Å². The number of nitrogens with zero attached hydrogens (tertiary/aromatic N) is 2. The van der Waals surface area contributed by atoms with Gasteiger partial charge >= 0.3 is 0 Å². The van der Waals surface area contributed by atoms with Crippen LogP contribution in [0.2, 0.25) is 0 Å². The molecule has 1 aliphatic heterocycles. The molecule has 0 bridgehead atoms. The minimum Gasteiger partial charge on any atom is -0.367 e. The minimum atomic E-state index is -2.25. The Morgan fingerprint density at radius 2 is 1.43 bits per heavy atom. The number of piperazine rings is 1. The van der Waals surface area contributed by atoms with Crippen molar-refractivity contribution < 1.29 is 26.7 Å². The van der Waals surface area contributed by atoms with Crippen LogP contribution in [0.1, 0.15) is 5.56 Å². The highest BCUT2D eigenvalue weighted by molar-refractivity contribution is 5.95. The fourth-order valence-corrected chi connectivity index (χ4v) is 3.06. The van der Waals surface area contributed by atoms with Gasteiger partial charge in [0.15, 0.2) is 23.3 Å². The molecule has 0 spiro atoms. The van der Waals surface area contributed by atoms with Crippen molar-refractivity contribution in [2.45, 2.75) is 6.42 Å². The van der Waals surface area contributed by atoms with Gasteiger partial charge in [-0.3, -0.25) is 4.79 Å². The number of likely N-dealkylation sites (N-methyl/N-ethyl adjacent to an activating group) is 1. The second-order valence-corrected chi connectivity index (χ2v) is 6.58. The molecule has 1 aliphatic rings. The van der Waals surface area contributed by atoms with Crippen LogP contribution >= 0.6 is 0 Å². The van der Waals surface area contributed by atoms with E-state index in [-0.39, 0.29) is 0 Å². The number of carbonyl (C=O) groups excluding carboxylic acids is 1. The molecule has 0 unspecified atom stereocenters. The first-order chi connectivity index (χ1) is 13.3. The molecule has 2 aromatic carbocycles. The fourth-order valence-electron chi connectivity index (χ4n) is 3.06. The molecule has 0 radical (unpaired) electrons. The Kier molecular flexibility index (Phi) is 5.83. The van der Waals surface area contributed by atoms with Gasteiger partial charge in [-0.15, -0.1) is 0 Å². The Balaban J connectivity index is 1.80. The summed E-state index contributed by atoms with van der Waals surface area (Å²) in [6.07, 6.45) is -0.983. The van der Waals surface area contributed by atoms with Crippen LogP contribution < -0.4 is 10.2 Å². The largest absolute Gasteiger partial charge is 0.367 e. The molecule has 4 nitrogen and oxygen atoms in total. The van der Waals surface area contributed by atoms with Crippen LogP contribution in [0, 0.1) is 29.1 Å². The van der Waals surface area contributed by atoms with Gasteiger partial charge in [0.25, 0.3) is 0 Å². The molecule has 1 amide bonds. The smallest absolute Gasteiger partial charge is 0.229 e. The van der Waals surface area contributed by atoms with E-state index in [1.807, 2.05) is 11.9 Å². The lowest BCUT2D eigenvalue weighted by atomic mass is 10.1. The fraction of sp³-hybridized carbons (Fsp3) is 0.316. The molecule has 9 heteroatoms. The van der Waals surface area contributed by atoms with Crippen molar-refractivity contribution >= 4 is 17.3 Å². The molecular weight excluding hydrogens is 381 g/mol. The van der Waals surface area contributed by atoms with E-state index < -0.39 is 47.0 Å². The van der Waals surface area contributed by atoms with E-state index in [4.69, 9.17) is 0 Å². The number of carbonyl (C=O) groups is 1. The summed E-state index contributed by atoms with van der Waals surface area (Å²) in [5.74, 6) is -11.3. The third-order valence-electron chi connectivity index (χ3n) is 4.66. The number of halogens is 5. The SMILES string of the molecule is CN1CCN(c2ccccc2NC(=O)Cc2c(F)c(F)c(F)c(F)c2F)CC1. The summed E-state index contributed by atoms with van der Waals surface area (Å²) in [5.41, 5.74) is -0.0340. The number of amides is 1. The maximum Gasteiger partial charge on any atom is 0.229 e. The summed E-state index contributed by atoms with van der Waals surface area (Å²) in [6, 6.07) is 6.87. The molecule has 3 rings (SSSR count). The lowest BCUT2D eigenvalue weighted by Crippen LogP contribution is -2.44. The van der Waals surface area contributed by atoms with Crippen molar-refractivity contribution in [3.05, 3.63) is 58.9 Å². The van der Waals surface area contributed by atoms with E-state index in [0.717, 1.165) is 31.9 Å². The van der Waals surface area contributed by atoms with Crippen LogP contribution in [0.5, 0.6) is 0 Å². The van der Waals surface area contributed by atoms with Crippen molar-refractivity contribution in [2.75, 3.05) is 43.4 Å². The second kappa shape index (κ2) is 8.14.